The molecule has 0 aromatic heterocycles. The largest absolute Gasteiger partial charge is 0.374 e. The van der Waals surface area contributed by atoms with Gasteiger partial charge in [0.1, 0.15) is 0 Å². The Morgan fingerprint density at radius 2 is 1.45 bits per heavy atom. The lowest BCUT2D eigenvalue weighted by atomic mass is 10.00. The number of hydrogen-bond donors (Lipinski definition) is 2. The summed E-state index contributed by atoms with van der Waals surface area (Å²) >= 11 is 0. The van der Waals surface area contributed by atoms with Crippen molar-refractivity contribution in [3.8, 4) is 0 Å². The summed E-state index contributed by atoms with van der Waals surface area (Å²) in [7, 11) is -4.05. The quantitative estimate of drug-likeness (QED) is 0.499. The Hall–Kier alpha value is -0.620. The molecule has 0 fully saturated rings. The smallest absolute Gasteiger partial charge is 0.244 e. The van der Waals surface area contributed by atoms with Gasteiger partial charge in [0.2, 0.25) is 0 Å². The van der Waals surface area contributed by atoms with Crippen molar-refractivity contribution in [1.82, 2.24) is 4.72 Å². The first-order chi connectivity index (χ1) is 8.77. The van der Waals surface area contributed by atoms with Gasteiger partial charge in [0.25, 0.3) is 10.2 Å². The Labute approximate surface area is 110 Å². The van der Waals surface area contributed by atoms with Crippen LogP contribution in [0.2, 0.25) is 0 Å². The second-order valence-corrected chi connectivity index (χ2v) is 5.39. The molecule has 0 bridgehead atoms. The van der Waals surface area contributed by atoms with Gasteiger partial charge in [-0.05, 0) is 12.8 Å². The number of rotatable bonds is 9. The van der Waals surface area contributed by atoms with Crippen molar-refractivity contribution in [1.29, 1.82) is 0 Å². The lowest BCUT2D eigenvalue weighted by Gasteiger charge is -2.31. The van der Waals surface area contributed by atoms with E-state index in [4.69, 9.17) is 0 Å². The summed E-state index contributed by atoms with van der Waals surface area (Å²) in [4.78, 5) is 0. The molecule has 0 aromatic carbocycles. The van der Waals surface area contributed by atoms with Gasteiger partial charge in [-0.1, -0.05) is 0 Å². The number of alkyl halides is 7. The topological polar surface area (TPSA) is 72.2 Å². The van der Waals surface area contributed by atoms with Crippen LogP contribution in [0.5, 0.6) is 0 Å². The van der Waals surface area contributed by atoms with Crippen molar-refractivity contribution >= 4 is 10.2 Å². The minimum atomic E-state index is -5.83. The average Bonchev–Trinajstić information content (AvgIpc) is 2.26. The third kappa shape index (κ3) is 5.05. The fraction of sp³-hybridized carbons (Fsp3) is 1.00. The highest BCUT2D eigenvalue weighted by Crippen LogP contribution is 2.48. The van der Waals surface area contributed by atoms with E-state index in [1.165, 1.54) is 0 Å². The van der Waals surface area contributed by atoms with Gasteiger partial charge in [0.15, 0.2) is 6.67 Å². The first-order valence-electron chi connectivity index (χ1n) is 5.23. The summed E-state index contributed by atoms with van der Waals surface area (Å²) in [6, 6.07) is 0. The molecule has 0 spiro atoms. The van der Waals surface area contributed by atoms with Gasteiger partial charge in [-0.15, -0.1) is 0 Å². The number of nitrogens with two attached hydrogens (primary N) is 1. The predicted octanol–water partition coefficient (Wildman–Crippen LogP) is 1.83. The van der Waals surface area contributed by atoms with Crippen molar-refractivity contribution in [2.24, 2.45) is 5.14 Å². The lowest BCUT2D eigenvalue weighted by Crippen LogP contribution is -2.55. The number of halogens is 7. The maximum absolute atomic E-state index is 13.0. The lowest BCUT2D eigenvalue weighted by molar-refractivity contribution is -0.313. The zero-order chi connectivity index (χ0) is 16.2. The highest BCUT2D eigenvalue weighted by atomic mass is 32.2. The molecule has 0 heterocycles. The summed E-state index contributed by atoms with van der Waals surface area (Å²) in [6.07, 6.45) is -2.67. The van der Waals surface area contributed by atoms with E-state index in [1.807, 2.05) is 0 Å². The minimum Gasteiger partial charge on any atom is -0.244 e. The van der Waals surface area contributed by atoms with E-state index >= 15 is 0 Å². The SMILES string of the molecule is NS(=O)(=O)NCCCCC(F)(F)C(F)(F)C(F)(F)CF. The first kappa shape index (κ1) is 19.4. The summed E-state index contributed by atoms with van der Waals surface area (Å²) in [5.74, 6) is -16.4. The van der Waals surface area contributed by atoms with Gasteiger partial charge in [-0.25, -0.2) is 14.3 Å². The number of unbranched alkanes of at least 4 members (excludes halogenated alkanes) is 1. The molecule has 0 saturated carbocycles. The molecule has 0 aromatic rings. The predicted molar refractivity (Wildman–Crippen MR) is 55.8 cm³/mol. The van der Waals surface area contributed by atoms with Gasteiger partial charge in [-0.3, -0.25) is 0 Å². The molecular weight excluding hydrogens is 321 g/mol. The Balaban J connectivity index is 4.46. The van der Waals surface area contributed by atoms with Gasteiger partial charge in [0, 0.05) is 13.0 Å². The standard InChI is InChI=1S/C8H13F7N2O2S/c9-5-7(12,13)8(14,15)6(10,11)3-1-2-4-17-20(16,18)19/h17H,1-5H2,(H2,16,18,19). The van der Waals surface area contributed by atoms with E-state index in [1.54, 1.807) is 4.72 Å². The molecule has 12 heteroatoms. The fourth-order valence-corrected chi connectivity index (χ4v) is 1.62. The van der Waals surface area contributed by atoms with E-state index in [2.05, 4.69) is 5.14 Å². The van der Waals surface area contributed by atoms with E-state index in [0.29, 0.717) is 0 Å². The van der Waals surface area contributed by atoms with Crippen LogP contribution in [0.1, 0.15) is 19.3 Å². The molecule has 0 atom stereocenters. The van der Waals surface area contributed by atoms with Crippen LogP contribution in [0, 0.1) is 0 Å². The Morgan fingerprint density at radius 1 is 0.950 bits per heavy atom. The molecule has 0 aliphatic carbocycles. The number of hydrogen-bond acceptors (Lipinski definition) is 2. The van der Waals surface area contributed by atoms with Crippen molar-refractivity contribution in [2.45, 2.75) is 37.0 Å². The zero-order valence-electron chi connectivity index (χ0n) is 9.98. The van der Waals surface area contributed by atoms with Crippen LogP contribution in [-0.2, 0) is 10.2 Å². The molecular formula is C8H13F7N2O2S. The van der Waals surface area contributed by atoms with Crippen molar-refractivity contribution in [2.75, 3.05) is 13.2 Å². The molecule has 20 heavy (non-hydrogen) atoms. The molecule has 0 amide bonds. The normalized spacial score (nSPS) is 14.6. The Morgan fingerprint density at radius 3 is 1.85 bits per heavy atom. The molecule has 0 rings (SSSR count). The molecule has 0 unspecified atom stereocenters. The van der Waals surface area contributed by atoms with Crippen molar-refractivity contribution in [3.63, 3.8) is 0 Å². The third-order valence-electron chi connectivity index (χ3n) is 2.31. The third-order valence-corrected chi connectivity index (χ3v) is 2.91. The molecule has 0 saturated heterocycles. The molecule has 0 aliphatic rings. The monoisotopic (exact) mass is 334 g/mol. The maximum Gasteiger partial charge on any atom is 0.374 e. The molecule has 0 aliphatic heterocycles. The second-order valence-electron chi connectivity index (χ2n) is 4.01. The summed E-state index contributed by atoms with van der Waals surface area (Å²) in [5.41, 5.74) is 0. The Bertz CT molecular complexity index is 413. The minimum absolute atomic E-state index is 0.330. The first-order valence-corrected chi connectivity index (χ1v) is 6.78. The zero-order valence-corrected chi connectivity index (χ0v) is 10.8. The van der Waals surface area contributed by atoms with E-state index < -0.39 is 54.0 Å². The van der Waals surface area contributed by atoms with Crippen molar-refractivity contribution in [3.05, 3.63) is 0 Å². The second kappa shape index (κ2) is 6.43. The van der Waals surface area contributed by atoms with Gasteiger partial charge in [0.05, 0.1) is 0 Å². The van der Waals surface area contributed by atoms with E-state index in [9.17, 15) is 39.2 Å². The van der Waals surface area contributed by atoms with Crippen LogP contribution in [-0.4, -0.2) is 39.4 Å². The summed E-state index contributed by atoms with van der Waals surface area (Å²) < 4.78 is 111. The molecule has 3 N–H and O–H groups in total. The van der Waals surface area contributed by atoms with Crippen LogP contribution in [0.4, 0.5) is 30.7 Å². The Kier molecular flexibility index (Phi) is 6.23. The summed E-state index contributed by atoms with van der Waals surface area (Å²) in [5, 5.41) is 4.50. The van der Waals surface area contributed by atoms with E-state index in [0.717, 1.165) is 0 Å². The highest BCUT2D eigenvalue weighted by molar-refractivity contribution is 7.87. The van der Waals surface area contributed by atoms with Gasteiger partial charge in [-0.2, -0.15) is 34.8 Å². The average molecular weight is 334 g/mol. The molecule has 4 nitrogen and oxygen atoms in total. The van der Waals surface area contributed by atoms with Crippen LogP contribution >= 0.6 is 0 Å². The summed E-state index contributed by atoms with van der Waals surface area (Å²) in [6.45, 7) is -3.33. The van der Waals surface area contributed by atoms with E-state index in [-0.39, 0.29) is 6.42 Å². The highest BCUT2D eigenvalue weighted by Gasteiger charge is 2.70. The van der Waals surface area contributed by atoms with Crippen LogP contribution in [0.3, 0.4) is 0 Å². The van der Waals surface area contributed by atoms with Gasteiger partial charge < -0.3 is 0 Å². The van der Waals surface area contributed by atoms with Crippen molar-refractivity contribution < 1.29 is 39.2 Å². The fourth-order valence-electron chi connectivity index (χ4n) is 1.19. The number of nitrogens with one attached hydrogen (secondary N) is 1. The van der Waals surface area contributed by atoms with Crippen LogP contribution in [0.15, 0.2) is 0 Å². The molecule has 0 radical (unpaired) electrons. The van der Waals surface area contributed by atoms with Crippen LogP contribution < -0.4 is 9.86 Å². The molecule has 122 valence electrons. The maximum atomic E-state index is 13.0. The van der Waals surface area contributed by atoms with Crippen LogP contribution in [0.25, 0.3) is 0 Å². The van der Waals surface area contributed by atoms with Gasteiger partial charge >= 0.3 is 17.8 Å².